The van der Waals surface area contributed by atoms with Gasteiger partial charge in [0.05, 0.1) is 5.69 Å². The van der Waals surface area contributed by atoms with Crippen LogP contribution in [0.2, 0.25) is 0 Å². The molecule has 1 heterocycles. The molecular weight excluding hydrogens is 198 g/mol. The maximum atomic E-state index is 9.06. The molecule has 1 aromatic rings. The van der Waals surface area contributed by atoms with Gasteiger partial charge in [-0.15, -0.1) is 0 Å². The van der Waals surface area contributed by atoms with Crippen LogP contribution in [0.5, 0.6) is 0 Å². The third-order valence-corrected chi connectivity index (χ3v) is 2.98. The highest BCUT2D eigenvalue weighted by Crippen LogP contribution is 2.32. The molecule has 0 unspecified atom stereocenters. The summed E-state index contributed by atoms with van der Waals surface area (Å²) in [5.74, 6) is 0.814. The fourth-order valence-corrected chi connectivity index (χ4v) is 1.88. The predicted octanol–water partition coefficient (Wildman–Crippen LogP) is 2.58. The zero-order chi connectivity index (χ0) is 11.5. The minimum atomic E-state index is 0.414. The average molecular weight is 215 g/mol. The molecule has 1 aromatic heterocycles. The van der Waals surface area contributed by atoms with Crippen LogP contribution in [0, 0.1) is 17.2 Å². The highest BCUT2D eigenvalue weighted by molar-refractivity contribution is 5.56. The standard InChI is InChI=1S/C13H17N3/c1-10(2)16(9-11-5-6-11)13-4-3-7-15-12(13)8-14/h3-4,7,10-11H,5-6,9H2,1-2H3. The first-order valence-corrected chi connectivity index (χ1v) is 5.84. The first-order chi connectivity index (χ1) is 7.72. The molecule has 1 saturated carbocycles. The molecule has 0 amide bonds. The monoisotopic (exact) mass is 215 g/mol. The molecule has 0 spiro atoms. The van der Waals surface area contributed by atoms with E-state index in [4.69, 9.17) is 5.26 Å². The molecule has 1 aliphatic rings. The second-order valence-electron chi connectivity index (χ2n) is 4.67. The molecule has 3 heteroatoms. The number of anilines is 1. The van der Waals surface area contributed by atoms with Crippen LogP contribution >= 0.6 is 0 Å². The van der Waals surface area contributed by atoms with Crippen molar-refractivity contribution in [3.05, 3.63) is 24.0 Å². The fraction of sp³-hybridized carbons (Fsp3) is 0.538. The number of hydrogen-bond acceptors (Lipinski definition) is 3. The molecule has 0 saturated heterocycles. The quantitative estimate of drug-likeness (QED) is 0.775. The van der Waals surface area contributed by atoms with E-state index in [0.29, 0.717) is 11.7 Å². The van der Waals surface area contributed by atoms with Crippen LogP contribution < -0.4 is 4.90 Å². The summed E-state index contributed by atoms with van der Waals surface area (Å²) in [5.41, 5.74) is 1.52. The number of nitrogens with zero attached hydrogens (tertiary/aromatic N) is 3. The largest absolute Gasteiger partial charge is 0.366 e. The second-order valence-corrected chi connectivity index (χ2v) is 4.67. The van der Waals surface area contributed by atoms with Crippen molar-refractivity contribution in [2.24, 2.45) is 5.92 Å². The zero-order valence-corrected chi connectivity index (χ0v) is 9.85. The fourth-order valence-electron chi connectivity index (χ4n) is 1.88. The Hall–Kier alpha value is -1.56. The maximum absolute atomic E-state index is 9.06. The van der Waals surface area contributed by atoms with Gasteiger partial charge in [-0.1, -0.05) is 0 Å². The average Bonchev–Trinajstić information content (AvgIpc) is 3.09. The molecule has 1 aliphatic carbocycles. The van der Waals surface area contributed by atoms with E-state index >= 15 is 0 Å². The van der Waals surface area contributed by atoms with E-state index in [1.165, 1.54) is 12.8 Å². The topological polar surface area (TPSA) is 39.9 Å². The Morgan fingerprint density at radius 3 is 2.88 bits per heavy atom. The Bertz CT molecular complexity index is 402. The van der Waals surface area contributed by atoms with Gasteiger partial charge in [0.2, 0.25) is 0 Å². The Morgan fingerprint density at radius 2 is 2.31 bits per heavy atom. The summed E-state index contributed by atoms with van der Waals surface area (Å²) in [6.45, 7) is 5.38. The van der Waals surface area contributed by atoms with E-state index in [9.17, 15) is 0 Å². The van der Waals surface area contributed by atoms with Crippen LogP contribution in [-0.2, 0) is 0 Å². The SMILES string of the molecule is CC(C)N(CC1CC1)c1cccnc1C#N. The van der Waals surface area contributed by atoms with Gasteiger partial charge in [-0.3, -0.25) is 0 Å². The Labute approximate surface area is 96.7 Å². The van der Waals surface area contributed by atoms with Crippen molar-refractivity contribution in [3.63, 3.8) is 0 Å². The molecule has 0 aliphatic heterocycles. The molecule has 0 atom stereocenters. The number of rotatable bonds is 4. The molecule has 3 nitrogen and oxygen atoms in total. The summed E-state index contributed by atoms with van der Waals surface area (Å²) in [5, 5.41) is 9.06. The molecule has 1 fully saturated rings. The van der Waals surface area contributed by atoms with Crippen LogP contribution in [0.1, 0.15) is 32.4 Å². The second kappa shape index (κ2) is 4.52. The van der Waals surface area contributed by atoms with Gasteiger partial charge < -0.3 is 4.90 Å². The lowest BCUT2D eigenvalue weighted by atomic mass is 10.2. The van der Waals surface area contributed by atoms with Gasteiger partial charge >= 0.3 is 0 Å². The zero-order valence-electron chi connectivity index (χ0n) is 9.85. The van der Waals surface area contributed by atoms with Gasteiger partial charge in [-0.05, 0) is 44.7 Å². The molecule has 16 heavy (non-hydrogen) atoms. The van der Waals surface area contributed by atoms with Crippen molar-refractivity contribution in [2.75, 3.05) is 11.4 Å². The molecule has 0 radical (unpaired) electrons. The lowest BCUT2D eigenvalue weighted by Gasteiger charge is -2.29. The summed E-state index contributed by atoms with van der Waals surface area (Å²) in [4.78, 5) is 6.42. The van der Waals surface area contributed by atoms with E-state index in [0.717, 1.165) is 18.2 Å². The van der Waals surface area contributed by atoms with E-state index < -0.39 is 0 Å². The number of aromatic nitrogens is 1. The van der Waals surface area contributed by atoms with Crippen molar-refractivity contribution >= 4 is 5.69 Å². The number of nitriles is 1. The molecular formula is C13H17N3. The molecule has 0 bridgehead atoms. The van der Waals surface area contributed by atoms with Crippen molar-refractivity contribution in [1.29, 1.82) is 5.26 Å². The van der Waals surface area contributed by atoms with E-state index in [-0.39, 0.29) is 0 Å². The third-order valence-electron chi connectivity index (χ3n) is 2.98. The van der Waals surface area contributed by atoms with Gasteiger partial charge in [0, 0.05) is 18.8 Å². The van der Waals surface area contributed by atoms with Gasteiger partial charge in [0.1, 0.15) is 6.07 Å². The molecule has 2 rings (SSSR count). The van der Waals surface area contributed by atoms with Gasteiger partial charge in [0.25, 0.3) is 0 Å². The van der Waals surface area contributed by atoms with E-state index in [1.54, 1.807) is 6.20 Å². The summed E-state index contributed by atoms with van der Waals surface area (Å²) in [7, 11) is 0. The van der Waals surface area contributed by atoms with Crippen molar-refractivity contribution < 1.29 is 0 Å². The summed E-state index contributed by atoms with van der Waals surface area (Å²) < 4.78 is 0. The normalized spacial score (nSPS) is 14.9. The summed E-state index contributed by atoms with van der Waals surface area (Å²) in [6, 6.07) is 6.48. The highest BCUT2D eigenvalue weighted by Gasteiger charge is 2.26. The van der Waals surface area contributed by atoms with E-state index in [1.807, 2.05) is 12.1 Å². The van der Waals surface area contributed by atoms with Gasteiger partial charge in [-0.2, -0.15) is 5.26 Å². The predicted molar refractivity (Wildman–Crippen MR) is 64.2 cm³/mol. The van der Waals surface area contributed by atoms with Crippen molar-refractivity contribution in [3.8, 4) is 6.07 Å². The van der Waals surface area contributed by atoms with Gasteiger partial charge in [0.15, 0.2) is 5.69 Å². The van der Waals surface area contributed by atoms with Gasteiger partial charge in [-0.25, -0.2) is 4.98 Å². The Kier molecular flexibility index (Phi) is 3.09. The highest BCUT2D eigenvalue weighted by atomic mass is 15.2. The molecule has 84 valence electrons. The lowest BCUT2D eigenvalue weighted by Crippen LogP contribution is -2.33. The summed E-state index contributed by atoms with van der Waals surface area (Å²) in [6.07, 6.45) is 4.33. The molecule has 0 aromatic carbocycles. The van der Waals surface area contributed by atoms with Crippen molar-refractivity contribution in [1.82, 2.24) is 4.98 Å². The third kappa shape index (κ3) is 2.33. The smallest absolute Gasteiger partial charge is 0.163 e. The maximum Gasteiger partial charge on any atom is 0.163 e. The van der Waals surface area contributed by atoms with Crippen LogP contribution in [-0.4, -0.2) is 17.6 Å². The van der Waals surface area contributed by atoms with Crippen LogP contribution in [0.4, 0.5) is 5.69 Å². The number of hydrogen-bond donors (Lipinski definition) is 0. The minimum Gasteiger partial charge on any atom is -0.366 e. The van der Waals surface area contributed by atoms with Crippen LogP contribution in [0.15, 0.2) is 18.3 Å². The number of pyridine rings is 1. The van der Waals surface area contributed by atoms with E-state index in [2.05, 4.69) is 29.8 Å². The minimum absolute atomic E-state index is 0.414. The van der Waals surface area contributed by atoms with Crippen LogP contribution in [0.3, 0.4) is 0 Å². The van der Waals surface area contributed by atoms with Crippen LogP contribution in [0.25, 0.3) is 0 Å². The molecule has 0 N–H and O–H groups in total. The first-order valence-electron chi connectivity index (χ1n) is 5.84. The lowest BCUT2D eigenvalue weighted by molar-refractivity contribution is 0.643. The first kappa shape index (κ1) is 10.9. The Morgan fingerprint density at radius 1 is 1.56 bits per heavy atom. The summed E-state index contributed by atoms with van der Waals surface area (Å²) >= 11 is 0. The van der Waals surface area contributed by atoms with Crippen molar-refractivity contribution in [2.45, 2.75) is 32.7 Å². The Balaban J connectivity index is 2.26.